The van der Waals surface area contributed by atoms with E-state index in [2.05, 4.69) is 5.32 Å². The molecule has 1 amide bonds. The van der Waals surface area contributed by atoms with Gasteiger partial charge in [0.15, 0.2) is 0 Å². The molecule has 1 atom stereocenters. The number of rotatable bonds is 9. The topological polar surface area (TPSA) is 75.7 Å². The fraction of sp³-hybridized carbons (Fsp3) is 0.240. The van der Waals surface area contributed by atoms with Crippen molar-refractivity contribution in [2.45, 2.75) is 26.4 Å². The Morgan fingerprint density at radius 3 is 2.15 bits per heavy atom. The van der Waals surface area contributed by atoms with E-state index in [9.17, 15) is 22.0 Å². The number of hydrogen-bond donors (Lipinski definition) is 1. The molecule has 34 heavy (non-hydrogen) atoms. The quantitative estimate of drug-likeness (QED) is 0.469. The number of benzene rings is 3. The molecule has 0 radical (unpaired) electrons. The van der Waals surface area contributed by atoms with Gasteiger partial charge in [-0.1, -0.05) is 12.1 Å². The molecule has 0 fully saturated rings. The van der Waals surface area contributed by atoms with Crippen molar-refractivity contribution < 1.29 is 26.7 Å². The summed E-state index contributed by atoms with van der Waals surface area (Å²) in [4.78, 5) is 12.9. The van der Waals surface area contributed by atoms with E-state index in [4.69, 9.17) is 4.74 Å². The summed E-state index contributed by atoms with van der Waals surface area (Å²) < 4.78 is 58.4. The summed E-state index contributed by atoms with van der Waals surface area (Å²) in [6, 6.07) is 15.3. The van der Waals surface area contributed by atoms with Gasteiger partial charge in [-0.05, 0) is 74.0 Å². The van der Waals surface area contributed by atoms with Crippen LogP contribution in [-0.4, -0.2) is 27.2 Å². The number of hydrogen-bond acceptors (Lipinski definition) is 4. The van der Waals surface area contributed by atoms with Gasteiger partial charge in [-0.2, -0.15) is 0 Å². The van der Waals surface area contributed by atoms with Crippen LogP contribution in [0.25, 0.3) is 0 Å². The van der Waals surface area contributed by atoms with Crippen LogP contribution >= 0.6 is 0 Å². The summed E-state index contributed by atoms with van der Waals surface area (Å²) in [5.74, 6) is -0.800. The minimum absolute atomic E-state index is 0.117. The Labute approximate surface area is 198 Å². The Kier molecular flexibility index (Phi) is 7.88. The van der Waals surface area contributed by atoms with Gasteiger partial charge in [-0.15, -0.1) is 0 Å². The van der Waals surface area contributed by atoms with Crippen LogP contribution < -0.4 is 14.4 Å². The van der Waals surface area contributed by atoms with Crippen LogP contribution in [0, 0.1) is 11.6 Å². The predicted molar refractivity (Wildman–Crippen MR) is 127 cm³/mol. The standard InChI is InChI=1S/C25H26F2N2O4S/c1-4-33-24-14-7-19(25(30)28-17(2)18-5-8-21(26)9-6-18)15-20(24)16-29(34(3,31)32)23-12-10-22(27)11-13-23/h5-15,17H,4,16H2,1-3H3,(H,28,30). The van der Waals surface area contributed by atoms with Crippen molar-refractivity contribution in [3.63, 3.8) is 0 Å². The zero-order chi connectivity index (χ0) is 24.9. The molecule has 0 aliphatic rings. The average molecular weight is 489 g/mol. The molecule has 3 rings (SSSR count). The Hall–Kier alpha value is -3.46. The van der Waals surface area contributed by atoms with Crippen LogP contribution in [0.3, 0.4) is 0 Å². The monoisotopic (exact) mass is 488 g/mol. The number of amides is 1. The second-order valence-electron chi connectivity index (χ2n) is 7.75. The van der Waals surface area contributed by atoms with E-state index >= 15 is 0 Å². The van der Waals surface area contributed by atoms with Crippen molar-refractivity contribution in [3.05, 3.63) is 95.1 Å². The first-order valence-corrected chi connectivity index (χ1v) is 12.5. The molecule has 9 heteroatoms. The fourth-order valence-corrected chi connectivity index (χ4v) is 4.30. The summed E-state index contributed by atoms with van der Waals surface area (Å²) in [7, 11) is -3.73. The lowest BCUT2D eigenvalue weighted by atomic mass is 10.1. The predicted octanol–water partition coefficient (Wildman–Crippen LogP) is 4.82. The number of nitrogens with zero attached hydrogens (tertiary/aromatic N) is 1. The first-order valence-electron chi connectivity index (χ1n) is 10.6. The van der Waals surface area contributed by atoms with Crippen LogP contribution in [-0.2, 0) is 16.6 Å². The molecule has 0 aliphatic carbocycles. The van der Waals surface area contributed by atoms with Gasteiger partial charge in [-0.25, -0.2) is 17.2 Å². The molecular formula is C25H26F2N2O4S. The number of carbonyl (C=O) groups excluding carboxylic acids is 1. The maximum Gasteiger partial charge on any atom is 0.251 e. The van der Waals surface area contributed by atoms with E-state index < -0.39 is 15.8 Å². The zero-order valence-electron chi connectivity index (χ0n) is 19.1. The van der Waals surface area contributed by atoms with Crippen molar-refractivity contribution in [2.24, 2.45) is 0 Å². The van der Waals surface area contributed by atoms with Gasteiger partial charge in [0, 0.05) is 11.1 Å². The molecule has 0 aromatic heterocycles. The van der Waals surface area contributed by atoms with Gasteiger partial charge in [0.2, 0.25) is 10.0 Å². The highest BCUT2D eigenvalue weighted by Gasteiger charge is 2.21. The first-order chi connectivity index (χ1) is 16.1. The van der Waals surface area contributed by atoms with Crippen LogP contribution in [0.5, 0.6) is 5.75 Å². The number of sulfonamides is 1. The molecule has 0 saturated carbocycles. The number of anilines is 1. The summed E-state index contributed by atoms with van der Waals surface area (Å²) in [6.07, 6.45) is 1.05. The van der Waals surface area contributed by atoms with E-state index in [1.165, 1.54) is 36.4 Å². The van der Waals surface area contributed by atoms with E-state index in [1.807, 2.05) is 0 Å². The second kappa shape index (κ2) is 10.6. The fourth-order valence-electron chi connectivity index (χ4n) is 3.42. The summed E-state index contributed by atoms with van der Waals surface area (Å²) in [6.45, 7) is 3.80. The van der Waals surface area contributed by atoms with Crippen molar-refractivity contribution in [2.75, 3.05) is 17.2 Å². The van der Waals surface area contributed by atoms with Crippen molar-refractivity contribution in [1.82, 2.24) is 5.32 Å². The van der Waals surface area contributed by atoms with Crippen LogP contribution in [0.15, 0.2) is 66.7 Å². The third kappa shape index (κ3) is 6.32. The van der Waals surface area contributed by atoms with Crippen LogP contribution in [0.1, 0.15) is 41.4 Å². The highest BCUT2D eigenvalue weighted by Crippen LogP contribution is 2.27. The highest BCUT2D eigenvalue weighted by atomic mass is 32.2. The van der Waals surface area contributed by atoms with Gasteiger partial charge in [0.25, 0.3) is 5.91 Å². The van der Waals surface area contributed by atoms with Crippen molar-refractivity contribution >= 4 is 21.6 Å². The van der Waals surface area contributed by atoms with Gasteiger partial charge in [0.05, 0.1) is 31.1 Å². The molecule has 0 saturated heterocycles. The zero-order valence-corrected chi connectivity index (χ0v) is 19.9. The van der Waals surface area contributed by atoms with E-state index in [0.29, 0.717) is 23.5 Å². The van der Waals surface area contributed by atoms with Crippen molar-refractivity contribution in [1.29, 1.82) is 0 Å². The minimum atomic E-state index is -3.73. The SMILES string of the molecule is CCOc1ccc(C(=O)NC(C)c2ccc(F)cc2)cc1CN(c1ccc(F)cc1)S(C)(=O)=O. The van der Waals surface area contributed by atoms with Crippen molar-refractivity contribution in [3.8, 4) is 5.75 Å². The van der Waals surface area contributed by atoms with E-state index in [-0.39, 0.29) is 30.0 Å². The third-order valence-electron chi connectivity index (χ3n) is 5.17. The molecule has 180 valence electrons. The third-order valence-corrected chi connectivity index (χ3v) is 6.31. The summed E-state index contributed by atoms with van der Waals surface area (Å²) in [5, 5.41) is 2.86. The second-order valence-corrected chi connectivity index (χ2v) is 9.66. The van der Waals surface area contributed by atoms with E-state index in [0.717, 1.165) is 16.1 Å². The molecular weight excluding hydrogens is 462 g/mol. The largest absolute Gasteiger partial charge is 0.494 e. The molecule has 3 aromatic rings. The Morgan fingerprint density at radius 1 is 1.00 bits per heavy atom. The summed E-state index contributed by atoms with van der Waals surface area (Å²) >= 11 is 0. The lowest BCUT2D eigenvalue weighted by Crippen LogP contribution is -2.30. The first kappa shape index (κ1) is 25.2. The molecule has 0 bridgehead atoms. The van der Waals surface area contributed by atoms with Crippen LogP contribution in [0.4, 0.5) is 14.5 Å². The highest BCUT2D eigenvalue weighted by molar-refractivity contribution is 7.92. The van der Waals surface area contributed by atoms with Gasteiger partial charge >= 0.3 is 0 Å². The number of ether oxygens (including phenoxy) is 1. The Morgan fingerprint density at radius 2 is 1.59 bits per heavy atom. The van der Waals surface area contributed by atoms with Crippen LogP contribution in [0.2, 0.25) is 0 Å². The minimum Gasteiger partial charge on any atom is -0.494 e. The maximum absolute atomic E-state index is 13.4. The molecule has 1 unspecified atom stereocenters. The lowest BCUT2D eigenvalue weighted by Gasteiger charge is -2.24. The Bertz CT molecular complexity index is 1250. The smallest absolute Gasteiger partial charge is 0.251 e. The van der Waals surface area contributed by atoms with Gasteiger partial charge < -0.3 is 10.1 Å². The van der Waals surface area contributed by atoms with E-state index in [1.54, 1.807) is 44.2 Å². The number of nitrogens with one attached hydrogen (secondary N) is 1. The molecule has 0 spiro atoms. The molecule has 1 N–H and O–H groups in total. The number of halogens is 2. The van der Waals surface area contributed by atoms with Gasteiger partial charge in [0.1, 0.15) is 17.4 Å². The summed E-state index contributed by atoms with van der Waals surface area (Å²) in [5.41, 5.74) is 1.80. The molecule has 0 aliphatic heterocycles. The lowest BCUT2D eigenvalue weighted by molar-refractivity contribution is 0.0939. The molecule has 3 aromatic carbocycles. The Balaban J connectivity index is 1.90. The maximum atomic E-state index is 13.4. The normalized spacial score (nSPS) is 12.1. The number of carbonyl (C=O) groups is 1. The molecule has 6 nitrogen and oxygen atoms in total. The molecule has 0 heterocycles. The van der Waals surface area contributed by atoms with Gasteiger partial charge in [-0.3, -0.25) is 9.10 Å². The average Bonchev–Trinajstić information content (AvgIpc) is 2.79.